The third-order valence-corrected chi connectivity index (χ3v) is 3.26. The van der Waals surface area contributed by atoms with Crippen LogP contribution in [0.5, 0.6) is 0 Å². The van der Waals surface area contributed by atoms with Crippen molar-refractivity contribution in [2.24, 2.45) is 0 Å². The molecule has 0 bridgehead atoms. The molecule has 1 aromatic rings. The monoisotopic (exact) mass is 234 g/mol. The Bertz CT molecular complexity index is 328. The van der Waals surface area contributed by atoms with Crippen LogP contribution in [0.3, 0.4) is 0 Å². The molecular weight excluding hydrogens is 212 g/mol. The Kier molecular flexibility index (Phi) is 4.54. The fraction of sp³-hybridized carbons (Fsp3) is 0.571. The molecule has 0 aliphatic carbocycles. The second kappa shape index (κ2) is 6.15. The molecule has 17 heavy (non-hydrogen) atoms. The third-order valence-electron chi connectivity index (χ3n) is 3.26. The predicted molar refractivity (Wildman–Crippen MR) is 70.0 cm³/mol. The highest BCUT2D eigenvalue weighted by Gasteiger charge is 2.22. The van der Waals surface area contributed by atoms with Gasteiger partial charge in [-0.1, -0.05) is 30.3 Å². The zero-order valence-corrected chi connectivity index (χ0v) is 10.7. The lowest BCUT2D eigenvalue weighted by atomic mass is 10.1. The Hall–Kier alpha value is -0.900. The van der Waals surface area contributed by atoms with Gasteiger partial charge in [-0.05, 0) is 19.5 Å². The molecular formula is C14H22N2O. The molecule has 2 atom stereocenters. The number of rotatable bonds is 4. The number of likely N-dealkylation sites (N-methyl/N-ethyl adjacent to an activating group) is 1. The first-order valence-corrected chi connectivity index (χ1v) is 6.33. The minimum atomic E-state index is 0.307. The van der Waals surface area contributed by atoms with E-state index >= 15 is 0 Å². The first-order chi connectivity index (χ1) is 8.25. The standard InChI is InChI=1S/C14H22N2O/c1-12-14(15-8-9-17-12)11-16(2)10-13-6-4-3-5-7-13/h3-7,12,14-15H,8-11H2,1-2H3. The van der Waals surface area contributed by atoms with Crippen molar-refractivity contribution in [2.45, 2.75) is 25.6 Å². The molecule has 0 spiro atoms. The van der Waals surface area contributed by atoms with E-state index in [0.717, 1.165) is 26.2 Å². The summed E-state index contributed by atoms with van der Waals surface area (Å²) in [4.78, 5) is 2.35. The van der Waals surface area contributed by atoms with E-state index in [1.807, 2.05) is 0 Å². The molecule has 1 heterocycles. The Balaban J connectivity index is 1.82. The van der Waals surface area contributed by atoms with Crippen molar-refractivity contribution in [3.8, 4) is 0 Å². The number of nitrogens with one attached hydrogen (secondary N) is 1. The summed E-state index contributed by atoms with van der Waals surface area (Å²) in [6.45, 7) is 5.96. The highest BCUT2D eigenvalue weighted by molar-refractivity contribution is 5.14. The van der Waals surface area contributed by atoms with E-state index in [2.05, 4.69) is 54.5 Å². The van der Waals surface area contributed by atoms with Gasteiger partial charge < -0.3 is 15.0 Å². The Morgan fingerprint density at radius 1 is 1.35 bits per heavy atom. The molecule has 0 saturated carbocycles. The zero-order valence-electron chi connectivity index (χ0n) is 10.7. The van der Waals surface area contributed by atoms with Gasteiger partial charge in [0.2, 0.25) is 0 Å². The molecule has 3 nitrogen and oxygen atoms in total. The topological polar surface area (TPSA) is 24.5 Å². The summed E-state index contributed by atoms with van der Waals surface area (Å²) in [6, 6.07) is 11.0. The summed E-state index contributed by atoms with van der Waals surface area (Å²) in [5.74, 6) is 0. The van der Waals surface area contributed by atoms with Crippen LogP contribution in [-0.2, 0) is 11.3 Å². The van der Waals surface area contributed by atoms with Crippen LogP contribution in [0.25, 0.3) is 0 Å². The maximum atomic E-state index is 5.65. The number of nitrogens with zero attached hydrogens (tertiary/aromatic N) is 1. The molecule has 2 unspecified atom stereocenters. The van der Waals surface area contributed by atoms with E-state index in [1.165, 1.54) is 5.56 Å². The fourth-order valence-corrected chi connectivity index (χ4v) is 2.28. The maximum absolute atomic E-state index is 5.65. The fourth-order valence-electron chi connectivity index (χ4n) is 2.28. The van der Waals surface area contributed by atoms with E-state index in [4.69, 9.17) is 4.74 Å². The number of hydrogen-bond donors (Lipinski definition) is 1. The minimum Gasteiger partial charge on any atom is -0.376 e. The van der Waals surface area contributed by atoms with Crippen molar-refractivity contribution in [2.75, 3.05) is 26.7 Å². The molecule has 0 amide bonds. The molecule has 0 aromatic heterocycles. The Labute approximate surface area is 104 Å². The van der Waals surface area contributed by atoms with Crippen LogP contribution < -0.4 is 5.32 Å². The maximum Gasteiger partial charge on any atom is 0.0713 e. The van der Waals surface area contributed by atoms with Crippen LogP contribution >= 0.6 is 0 Å². The molecule has 2 rings (SSSR count). The average Bonchev–Trinajstić information content (AvgIpc) is 2.33. The van der Waals surface area contributed by atoms with Crippen molar-refractivity contribution in [3.63, 3.8) is 0 Å². The number of benzene rings is 1. The molecule has 0 radical (unpaired) electrons. The number of morpholine rings is 1. The summed E-state index contributed by atoms with van der Waals surface area (Å²) in [7, 11) is 2.16. The highest BCUT2D eigenvalue weighted by Crippen LogP contribution is 2.08. The molecule has 1 N–H and O–H groups in total. The van der Waals surface area contributed by atoms with Crippen LogP contribution in [0.4, 0.5) is 0 Å². The van der Waals surface area contributed by atoms with Crippen molar-refractivity contribution >= 4 is 0 Å². The summed E-state index contributed by atoms with van der Waals surface area (Å²) in [5.41, 5.74) is 1.36. The molecule has 1 saturated heterocycles. The van der Waals surface area contributed by atoms with Crippen molar-refractivity contribution in [1.29, 1.82) is 0 Å². The van der Waals surface area contributed by atoms with Gasteiger partial charge in [-0.2, -0.15) is 0 Å². The molecule has 1 fully saturated rings. The van der Waals surface area contributed by atoms with Gasteiger partial charge in [-0.3, -0.25) is 0 Å². The second-order valence-corrected chi connectivity index (χ2v) is 4.82. The first kappa shape index (κ1) is 12.6. The smallest absolute Gasteiger partial charge is 0.0713 e. The molecule has 1 aliphatic rings. The lowest BCUT2D eigenvalue weighted by molar-refractivity contribution is -0.000588. The number of ether oxygens (including phenoxy) is 1. The largest absolute Gasteiger partial charge is 0.376 e. The molecule has 94 valence electrons. The average molecular weight is 234 g/mol. The highest BCUT2D eigenvalue weighted by atomic mass is 16.5. The zero-order chi connectivity index (χ0) is 12.1. The third kappa shape index (κ3) is 3.80. The van der Waals surface area contributed by atoms with Gasteiger partial charge in [0.1, 0.15) is 0 Å². The van der Waals surface area contributed by atoms with Crippen LogP contribution in [0, 0.1) is 0 Å². The van der Waals surface area contributed by atoms with E-state index in [1.54, 1.807) is 0 Å². The van der Waals surface area contributed by atoms with Gasteiger partial charge in [0.15, 0.2) is 0 Å². The lowest BCUT2D eigenvalue weighted by Gasteiger charge is -2.33. The van der Waals surface area contributed by atoms with Gasteiger partial charge >= 0.3 is 0 Å². The van der Waals surface area contributed by atoms with Gasteiger partial charge in [0.25, 0.3) is 0 Å². The predicted octanol–water partition coefficient (Wildman–Crippen LogP) is 1.50. The lowest BCUT2D eigenvalue weighted by Crippen LogP contribution is -2.52. The summed E-state index contributed by atoms with van der Waals surface area (Å²) < 4.78 is 5.65. The van der Waals surface area contributed by atoms with Crippen LogP contribution in [-0.4, -0.2) is 43.8 Å². The van der Waals surface area contributed by atoms with Crippen molar-refractivity contribution < 1.29 is 4.74 Å². The Morgan fingerprint density at radius 2 is 2.12 bits per heavy atom. The Morgan fingerprint density at radius 3 is 2.82 bits per heavy atom. The van der Waals surface area contributed by atoms with Crippen LogP contribution in [0.15, 0.2) is 30.3 Å². The van der Waals surface area contributed by atoms with E-state index in [0.29, 0.717) is 12.1 Å². The molecule has 1 aromatic carbocycles. The summed E-state index contributed by atoms with van der Waals surface area (Å²) >= 11 is 0. The van der Waals surface area contributed by atoms with Crippen LogP contribution in [0.1, 0.15) is 12.5 Å². The second-order valence-electron chi connectivity index (χ2n) is 4.82. The molecule has 1 aliphatic heterocycles. The first-order valence-electron chi connectivity index (χ1n) is 6.33. The van der Waals surface area contributed by atoms with Gasteiger partial charge in [-0.15, -0.1) is 0 Å². The van der Waals surface area contributed by atoms with Gasteiger partial charge in [-0.25, -0.2) is 0 Å². The number of hydrogen-bond acceptors (Lipinski definition) is 3. The quantitative estimate of drug-likeness (QED) is 0.854. The summed E-state index contributed by atoms with van der Waals surface area (Å²) in [5, 5.41) is 3.52. The van der Waals surface area contributed by atoms with Gasteiger partial charge in [0.05, 0.1) is 12.7 Å². The minimum absolute atomic E-state index is 0.307. The normalized spacial score (nSPS) is 25.1. The summed E-state index contributed by atoms with van der Waals surface area (Å²) in [6.07, 6.45) is 0.307. The van der Waals surface area contributed by atoms with Crippen LogP contribution in [0.2, 0.25) is 0 Å². The van der Waals surface area contributed by atoms with E-state index in [-0.39, 0.29) is 0 Å². The van der Waals surface area contributed by atoms with Gasteiger partial charge in [0, 0.05) is 25.7 Å². The van der Waals surface area contributed by atoms with E-state index in [9.17, 15) is 0 Å². The van der Waals surface area contributed by atoms with E-state index < -0.39 is 0 Å². The van der Waals surface area contributed by atoms with Crippen molar-refractivity contribution in [1.82, 2.24) is 10.2 Å². The SMILES string of the molecule is CC1OCCNC1CN(C)Cc1ccccc1. The molecule has 3 heteroatoms. The van der Waals surface area contributed by atoms with Crippen molar-refractivity contribution in [3.05, 3.63) is 35.9 Å².